The Morgan fingerprint density at radius 1 is 1.04 bits per heavy atom. The molecule has 0 fully saturated rings. The predicted molar refractivity (Wildman–Crippen MR) is 111 cm³/mol. The number of nitrogens with one attached hydrogen (secondary N) is 1. The predicted octanol–water partition coefficient (Wildman–Crippen LogP) is 4.14. The van der Waals surface area contributed by atoms with Gasteiger partial charge in [-0.3, -0.25) is 9.20 Å². The van der Waals surface area contributed by atoms with Gasteiger partial charge >= 0.3 is 0 Å². The van der Waals surface area contributed by atoms with Gasteiger partial charge in [0.15, 0.2) is 10.8 Å². The zero-order chi connectivity index (χ0) is 19.5. The van der Waals surface area contributed by atoms with E-state index in [-0.39, 0.29) is 11.7 Å². The van der Waals surface area contributed by atoms with Crippen LogP contribution < -0.4 is 5.32 Å². The van der Waals surface area contributed by atoms with Crippen LogP contribution >= 0.6 is 11.8 Å². The van der Waals surface area contributed by atoms with Gasteiger partial charge in [0.25, 0.3) is 0 Å². The number of hydrogen-bond acceptors (Lipinski definition) is 5. The third kappa shape index (κ3) is 3.89. The number of thioether (sulfide) groups is 1. The molecule has 0 radical (unpaired) electrons. The molecular weight excluding hydrogens is 370 g/mol. The SMILES string of the molecule is Cc1ccc(NC(=O)CSc2nnc3cc(-c4ccccc4)nc(C)n23)cc1. The van der Waals surface area contributed by atoms with Crippen molar-refractivity contribution >= 4 is 29.0 Å². The summed E-state index contributed by atoms with van der Waals surface area (Å²) < 4.78 is 1.87. The van der Waals surface area contributed by atoms with Crippen molar-refractivity contribution in [1.29, 1.82) is 0 Å². The highest BCUT2D eigenvalue weighted by Crippen LogP contribution is 2.23. The second kappa shape index (κ2) is 7.82. The van der Waals surface area contributed by atoms with E-state index in [1.54, 1.807) is 0 Å². The number of fused-ring (bicyclic) bond motifs is 1. The summed E-state index contributed by atoms with van der Waals surface area (Å²) in [7, 11) is 0. The lowest BCUT2D eigenvalue weighted by Crippen LogP contribution is -2.14. The van der Waals surface area contributed by atoms with Gasteiger partial charge in [-0.25, -0.2) is 4.98 Å². The molecule has 2 aromatic heterocycles. The second-order valence-corrected chi connectivity index (χ2v) is 7.38. The lowest BCUT2D eigenvalue weighted by molar-refractivity contribution is -0.113. The molecule has 1 N–H and O–H groups in total. The molecule has 0 spiro atoms. The minimum Gasteiger partial charge on any atom is -0.325 e. The first-order valence-electron chi connectivity index (χ1n) is 8.88. The number of aryl methyl sites for hydroxylation is 2. The van der Waals surface area contributed by atoms with E-state index in [9.17, 15) is 4.79 Å². The zero-order valence-electron chi connectivity index (χ0n) is 15.6. The summed E-state index contributed by atoms with van der Waals surface area (Å²) in [5.41, 5.74) is 4.54. The first kappa shape index (κ1) is 18.2. The summed E-state index contributed by atoms with van der Waals surface area (Å²) in [4.78, 5) is 16.9. The Labute approximate surface area is 167 Å². The smallest absolute Gasteiger partial charge is 0.234 e. The van der Waals surface area contributed by atoms with Crippen LogP contribution in [0, 0.1) is 13.8 Å². The Balaban J connectivity index is 1.50. The van der Waals surface area contributed by atoms with Crippen molar-refractivity contribution in [2.24, 2.45) is 0 Å². The highest BCUT2D eigenvalue weighted by atomic mass is 32.2. The number of carbonyl (C=O) groups excluding carboxylic acids is 1. The summed E-state index contributed by atoms with van der Waals surface area (Å²) in [5, 5.41) is 12.0. The maximum absolute atomic E-state index is 12.2. The van der Waals surface area contributed by atoms with Crippen molar-refractivity contribution in [3.05, 3.63) is 72.1 Å². The maximum Gasteiger partial charge on any atom is 0.234 e. The number of carbonyl (C=O) groups is 1. The number of aromatic nitrogens is 4. The first-order chi connectivity index (χ1) is 13.6. The van der Waals surface area contributed by atoms with Crippen molar-refractivity contribution in [1.82, 2.24) is 19.6 Å². The molecule has 140 valence electrons. The molecule has 4 aromatic rings. The summed E-state index contributed by atoms with van der Waals surface area (Å²) in [6.07, 6.45) is 0. The van der Waals surface area contributed by atoms with E-state index in [4.69, 9.17) is 0 Å². The quantitative estimate of drug-likeness (QED) is 0.520. The van der Waals surface area contributed by atoms with E-state index in [1.807, 2.05) is 78.9 Å². The Bertz CT molecular complexity index is 1120. The molecule has 0 bridgehead atoms. The van der Waals surface area contributed by atoms with Crippen LogP contribution in [-0.2, 0) is 4.79 Å². The largest absolute Gasteiger partial charge is 0.325 e. The number of hydrogen-bond donors (Lipinski definition) is 1. The fraction of sp³-hybridized carbons (Fsp3) is 0.143. The van der Waals surface area contributed by atoms with Gasteiger partial charge in [0, 0.05) is 17.3 Å². The van der Waals surface area contributed by atoms with Gasteiger partial charge in [0.05, 0.1) is 11.4 Å². The van der Waals surface area contributed by atoms with Crippen LogP contribution in [0.5, 0.6) is 0 Å². The first-order valence-corrected chi connectivity index (χ1v) is 9.86. The van der Waals surface area contributed by atoms with Crippen LogP contribution in [0.2, 0.25) is 0 Å². The standard InChI is InChI=1S/C21H19N5OS/c1-14-8-10-17(11-9-14)23-20(27)13-28-21-25-24-19-12-18(22-15(2)26(19)21)16-6-4-3-5-7-16/h3-12H,13H2,1-2H3,(H,23,27). The summed E-state index contributed by atoms with van der Waals surface area (Å²) in [6, 6.07) is 19.6. The van der Waals surface area contributed by atoms with E-state index >= 15 is 0 Å². The van der Waals surface area contributed by atoms with Gasteiger partial charge in [0.2, 0.25) is 5.91 Å². The van der Waals surface area contributed by atoms with Crippen LogP contribution in [0.3, 0.4) is 0 Å². The minimum absolute atomic E-state index is 0.0860. The van der Waals surface area contributed by atoms with E-state index in [2.05, 4.69) is 20.5 Å². The molecule has 0 saturated carbocycles. The molecule has 2 heterocycles. The molecule has 0 aliphatic rings. The lowest BCUT2D eigenvalue weighted by atomic mass is 10.1. The van der Waals surface area contributed by atoms with Crippen molar-refractivity contribution < 1.29 is 4.79 Å². The average molecular weight is 389 g/mol. The van der Waals surface area contributed by atoms with E-state index < -0.39 is 0 Å². The fourth-order valence-corrected chi connectivity index (χ4v) is 3.66. The van der Waals surface area contributed by atoms with Crippen molar-refractivity contribution in [2.75, 3.05) is 11.1 Å². The van der Waals surface area contributed by atoms with Gasteiger partial charge < -0.3 is 5.32 Å². The Morgan fingerprint density at radius 2 is 1.79 bits per heavy atom. The highest BCUT2D eigenvalue weighted by Gasteiger charge is 2.13. The summed E-state index contributed by atoms with van der Waals surface area (Å²) >= 11 is 1.34. The number of amides is 1. The number of benzene rings is 2. The maximum atomic E-state index is 12.2. The molecule has 1 amide bonds. The van der Waals surface area contributed by atoms with Crippen LogP contribution in [0.1, 0.15) is 11.4 Å². The molecule has 0 aliphatic carbocycles. The Morgan fingerprint density at radius 3 is 2.54 bits per heavy atom. The minimum atomic E-state index is -0.0860. The molecule has 7 heteroatoms. The van der Waals surface area contributed by atoms with E-state index in [0.29, 0.717) is 10.8 Å². The van der Waals surface area contributed by atoms with Crippen molar-refractivity contribution in [3.63, 3.8) is 0 Å². The third-order valence-corrected chi connectivity index (χ3v) is 5.20. The molecular formula is C21H19N5OS. The topological polar surface area (TPSA) is 72.2 Å². The molecule has 6 nitrogen and oxygen atoms in total. The van der Waals surface area contributed by atoms with Gasteiger partial charge in [-0.1, -0.05) is 59.8 Å². The highest BCUT2D eigenvalue weighted by molar-refractivity contribution is 7.99. The molecule has 2 aromatic carbocycles. The summed E-state index contributed by atoms with van der Waals surface area (Å²) in [6.45, 7) is 3.93. The van der Waals surface area contributed by atoms with Crippen LogP contribution in [0.25, 0.3) is 16.9 Å². The molecule has 0 saturated heterocycles. The summed E-state index contributed by atoms with van der Waals surface area (Å²) in [5.74, 6) is 0.939. The molecule has 0 atom stereocenters. The fourth-order valence-electron chi connectivity index (χ4n) is 2.87. The van der Waals surface area contributed by atoms with Gasteiger partial charge in [-0.2, -0.15) is 0 Å². The Kier molecular flexibility index (Phi) is 5.08. The van der Waals surface area contributed by atoms with Gasteiger partial charge in [-0.15, -0.1) is 10.2 Å². The van der Waals surface area contributed by atoms with Crippen LogP contribution in [-0.4, -0.2) is 31.2 Å². The second-order valence-electron chi connectivity index (χ2n) is 6.43. The zero-order valence-corrected chi connectivity index (χ0v) is 16.4. The lowest BCUT2D eigenvalue weighted by Gasteiger charge is -2.07. The molecule has 0 aliphatic heterocycles. The normalized spacial score (nSPS) is 10.9. The number of nitrogens with zero attached hydrogens (tertiary/aromatic N) is 4. The average Bonchev–Trinajstić information content (AvgIpc) is 3.12. The third-order valence-electron chi connectivity index (χ3n) is 4.27. The Hall–Kier alpha value is -3.19. The van der Waals surface area contributed by atoms with Gasteiger partial charge in [-0.05, 0) is 26.0 Å². The van der Waals surface area contributed by atoms with Gasteiger partial charge in [0.1, 0.15) is 5.82 Å². The molecule has 4 rings (SSSR count). The number of rotatable bonds is 5. The van der Waals surface area contributed by atoms with Crippen LogP contribution in [0.15, 0.2) is 65.8 Å². The van der Waals surface area contributed by atoms with E-state index in [1.165, 1.54) is 11.8 Å². The van der Waals surface area contributed by atoms with Crippen molar-refractivity contribution in [3.8, 4) is 11.3 Å². The van der Waals surface area contributed by atoms with Crippen molar-refractivity contribution in [2.45, 2.75) is 19.0 Å². The molecule has 0 unspecified atom stereocenters. The molecule has 28 heavy (non-hydrogen) atoms. The van der Waals surface area contributed by atoms with E-state index in [0.717, 1.165) is 28.3 Å². The monoisotopic (exact) mass is 389 g/mol. The van der Waals surface area contributed by atoms with Crippen LogP contribution in [0.4, 0.5) is 5.69 Å². The number of anilines is 1.